The van der Waals surface area contributed by atoms with E-state index < -0.39 is 0 Å². The van der Waals surface area contributed by atoms with Gasteiger partial charge >= 0.3 is 0 Å². The van der Waals surface area contributed by atoms with Gasteiger partial charge in [-0.05, 0) is 29.5 Å². The fourth-order valence-electron chi connectivity index (χ4n) is 2.24. The summed E-state index contributed by atoms with van der Waals surface area (Å²) in [4.78, 5) is 8.75. The first-order valence-electron chi connectivity index (χ1n) is 7.56. The van der Waals surface area contributed by atoms with Gasteiger partial charge in [-0.25, -0.2) is 0 Å². The van der Waals surface area contributed by atoms with Gasteiger partial charge in [-0.1, -0.05) is 34.1 Å². The molecule has 0 aliphatic rings. The van der Waals surface area contributed by atoms with Gasteiger partial charge in [-0.15, -0.1) is 0 Å². The van der Waals surface area contributed by atoms with Gasteiger partial charge in [0.2, 0.25) is 0 Å². The van der Waals surface area contributed by atoms with Crippen LogP contribution in [0.25, 0.3) is 11.3 Å². The molecule has 0 unspecified atom stereocenters. The molecule has 0 bridgehead atoms. The molecule has 112 valence electrons. The van der Waals surface area contributed by atoms with Gasteiger partial charge in [0.15, 0.2) is 0 Å². The fraction of sp³-hybridized carbons (Fsp3) is 0.444. The molecule has 0 atom stereocenters. The fourth-order valence-corrected chi connectivity index (χ4v) is 2.24. The van der Waals surface area contributed by atoms with Crippen LogP contribution in [-0.2, 0) is 5.41 Å². The Morgan fingerprint density at radius 3 is 2.67 bits per heavy atom. The molecule has 0 radical (unpaired) electrons. The van der Waals surface area contributed by atoms with Crippen molar-refractivity contribution in [3.63, 3.8) is 0 Å². The van der Waals surface area contributed by atoms with Crippen molar-refractivity contribution in [1.29, 1.82) is 0 Å². The minimum absolute atomic E-state index is 0.0546. The van der Waals surface area contributed by atoms with E-state index in [0.717, 1.165) is 36.5 Å². The van der Waals surface area contributed by atoms with Crippen molar-refractivity contribution in [2.75, 3.05) is 6.61 Å². The van der Waals surface area contributed by atoms with Crippen molar-refractivity contribution >= 4 is 0 Å². The van der Waals surface area contributed by atoms with E-state index in [1.54, 1.807) is 6.20 Å². The highest BCUT2D eigenvalue weighted by Gasteiger charge is 2.19. The number of unbranched alkanes of at least 4 members (excludes halogenated alkanes) is 1. The van der Waals surface area contributed by atoms with Crippen LogP contribution >= 0.6 is 0 Å². The van der Waals surface area contributed by atoms with Gasteiger partial charge in [-0.3, -0.25) is 9.97 Å². The van der Waals surface area contributed by atoms with Crippen LogP contribution in [0.5, 0.6) is 5.75 Å². The Morgan fingerprint density at radius 1 is 1.14 bits per heavy atom. The van der Waals surface area contributed by atoms with Crippen molar-refractivity contribution in [3.8, 4) is 17.0 Å². The van der Waals surface area contributed by atoms with Crippen LogP contribution in [-0.4, -0.2) is 16.6 Å². The summed E-state index contributed by atoms with van der Waals surface area (Å²) in [6.45, 7) is 9.51. The predicted molar refractivity (Wildman–Crippen MR) is 86.6 cm³/mol. The van der Waals surface area contributed by atoms with E-state index in [0.29, 0.717) is 0 Å². The zero-order valence-corrected chi connectivity index (χ0v) is 13.4. The standard InChI is InChI=1S/C18H24N2O/c1-5-6-11-21-14-7-10-20-17(12-14)15-13-19-9-8-16(15)18(2,3)4/h7-10,12-13H,5-6,11H2,1-4H3. The molecule has 2 heterocycles. The Hall–Kier alpha value is -1.90. The molecular formula is C18H24N2O. The third kappa shape index (κ3) is 4.03. The third-order valence-corrected chi connectivity index (χ3v) is 3.40. The molecule has 0 amide bonds. The molecule has 0 saturated carbocycles. The van der Waals surface area contributed by atoms with Crippen molar-refractivity contribution in [3.05, 3.63) is 42.4 Å². The van der Waals surface area contributed by atoms with Crippen molar-refractivity contribution in [1.82, 2.24) is 9.97 Å². The summed E-state index contributed by atoms with van der Waals surface area (Å²) in [7, 11) is 0. The lowest BCUT2D eigenvalue weighted by atomic mass is 9.84. The van der Waals surface area contributed by atoms with Crippen molar-refractivity contribution in [2.24, 2.45) is 0 Å². The van der Waals surface area contributed by atoms with Gasteiger partial charge in [0, 0.05) is 30.2 Å². The molecule has 0 aliphatic carbocycles. The first kappa shape index (κ1) is 15.5. The lowest BCUT2D eigenvalue weighted by molar-refractivity contribution is 0.309. The second-order valence-corrected chi connectivity index (χ2v) is 6.25. The average molecular weight is 284 g/mol. The molecule has 2 aromatic rings. The number of aromatic nitrogens is 2. The first-order chi connectivity index (χ1) is 10.0. The SMILES string of the molecule is CCCCOc1ccnc(-c2cnccc2C(C)(C)C)c1. The maximum absolute atomic E-state index is 5.77. The maximum atomic E-state index is 5.77. The minimum atomic E-state index is 0.0546. The van der Waals surface area contributed by atoms with Crippen LogP contribution < -0.4 is 4.74 Å². The van der Waals surface area contributed by atoms with Crippen LogP contribution in [0, 0.1) is 0 Å². The zero-order valence-electron chi connectivity index (χ0n) is 13.4. The van der Waals surface area contributed by atoms with Crippen LogP contribution in [0.15, 0.2) is 36.8 Å². The molecule has 0 N–H and O–H groups in total. The van der Waals surface area contributed by atoms with Gasteiger partial charge in [0.05, 0.1) is 12.3 Å². The molecule has 3 heteroatoms. The quantitative estimate of drug-likeness (QED) is 0.751. The number of rotatable bonds is 5. The van der Waals surface area contributed by atoms with E-state index in [9.17, 15) is 0 Å². The molecular weight excluding hydrogens is 260 g/mol. The average Bonchev–Trinajstić information content (AvgIpc) is 2.47. The Bertz CT molecular complexity index is 588. The van der Waals surface area contributed by atoms with Gasteiger partial charge in [0.1, 0.15) is 5.75 Å². The van der Waals surface area contributed by atoms with Crippen LogP contribution in [0.4, 0.5) is 0 Å². The minimum Gasteiger partial charge on any atom is -0.493 e. The van der Waals surface area contributed by atoms with E-state index in [1.807, 2.05) is 24.5 Å². The highest BCUT2D eigenvalue weighted by atomic mass is 16.5. The maximum Gasteiger partial charge on any atom is 0.122 e. The Kier molecular flexibility index (Phi) is 4.94. The van der Waals surface area contributed by atoms with E-state index in [2.05, 4.69) is 43.7 Å². The number of nitrogens with zero attached hydrogens (tertiary/aromatic N) is 2. The summed E-state index contributed by atoms with van der Waals surface area (Å²) in [6.07, 6.45) is 7.73. The summed E-state index contributed by atoms with van der Waals surface area (Å²) >= 11 is 0. The van der Waals surface area contributed by atoms with E-state index in [-0.39, 0.29) is 5.41 Å². The monoisotopic (exact) mass is 284 g/mol. The Balaban J connectivity index is 2.32. The van der Waals surface area contributed by atoms with Gasteiger partial charge < -0.3 is 4.74 Å². The lowest BCUT2D eigenvalue weighted by Crippen LogP contribution is -2.13. The first-order valence-corrected chi connectivity index (χ1v) is 7.56. The zero-order chi connectivity index (χ0) is 15.3. The van der Waals surface area contributed by atoms with E-state index in [4.69, 9.17) is 4.74 Å². The second-order valence-electron chi connectivity index (χ2n) is 6.25. The van der Waals surface area contributed by atoms with Crippen LogP contribution in [0.3, 0.4) is 0 Å². The van der Waals surface area contributed by atoms with Gasteiger partial charge in [-0.2, -0.15) is 0 Å². The Morgan fingerprint density at radius 2 is 1.95 bits per heavy atom. The number of ether oxygens (including phenoxy) is 1. The molecule has 2 rings (SSSR count). The summed E-state index contributed by atoms with van der Waals surface area (Å²) < 4.78 is 5.77. The molecule has 0 aliphatic heterocycles. The summed E-state index contributed by atoms with van der Waals surface area (Å²) in [6, 6.07) is 5.98. The highest BCUT2D eigenvalue weighted by molar-refractivity contribution is 5.65. The molecule has 21 heavy (non-hydrogen) atoms. The molecule has 0 fully saturated rings. The van der Waals surface area contributed by atoms with E-state index in [1.165, 1.54) is 5.56 Å². The van der Waals surface area contributed by atoms with Crippen molar-refractivity contribution < 1.29 is 4.74 Å². The molecule has 3 nitrogen and oxygen atoms in total. The lowest BCUT2D eigenvalue weighted by Gasteiger charge is -2.22. The van der Waals surface area contributed by atoms with Crippen LogP contribution in [0.2, 0.25) is 0 Å². The number of hydrogen-bond acceptors (Lipinski definition) is 3. The molecule has 0 saturated heterocycles. The van der Waals surface area contributed by atoms with Crippen LogP contribution in [0.1, 0.15) is 46.1 Å². The highest BCUT2D eigenvalue weighted by Crippen LogP contribution is 2.32. The van der Waals surface area contributed by atoms with Crippen molar-refractivity contribution in [2.45, 2.75) is 46.0 Å². The largest absolute Gasteiger partial charge is 0.493 e. The number of hydrogen-bond donors (Lipinski definition) is 0. The van der Waals surface area contributed by atoms with Gasteiger partial charge in [0.25, 0.3) is 0 Å². The molecule has 0 aromatic carbocycles. The smallest absolute Gasteiger partial charge is 0.122 e. The van der Waals surface area contributed by atoms with E-state index >= 15 is 0 Å². The summed E-state index contributed by atoms with van der Waals surface area (Å²) in [5, 5.41) is 0. The second kappa shape index (κ2) is 6.70. The summed E-state index contributed by atoms with van der Waals surface area (Å²) in [5.74, 6) is 0.872. The summed E-state index contributed by atoms with van der Waals surface area (Å²) in [5.41, 5.74) is 3.29. The topological polar surface area (TPSA) is 35.0 Å². The third-order valence-electron chi connectivity index (χ3n) is 3.40. The Labute approximate surface area is 127 Å². The molecule has 0 spiro atoms. The molecule has 2 aromatic heterocycles. The predicted octanol–water partition coefficient (Wildman–Crippen LogP) is 4.62. The normalized spacial score (nSPS) is 11.4. The number of pyridine rings is 2.